The predicted octanol–water partition coefficient (Wildman–Crippen LogP) is 3.64. The Balaban J connectivity index is 1.99. The van der Waals surface area contributed by atoms with Crippen LogP contribution in [0.1, 0.15) is 45.7 Å². The summed E-state index contributed by atoms with van der Waals surface area (Å²) >= 11 is 5.88. The monoisotopic (exact) mass is 340 g/mol. The van der Waals surface area contributed by atoms with E-state index in [0.29, 0.717) is 12.4 Å². The summed E-state index contributed by atoms with van der Waals surface area (Å²) in [7, 11) is 0. The van der Waals surface area contributed by atoms with Gasteiger partial charge in [-0.05, 0) is 58.6 Å². The van der Waals surface area contributed by atoms with Crippen molar-refractivity contribution in [3.05, 3.63) is 17.0 Å². The van der Waals surface area contributed by atoms with Gasteiger partial charge in [-0.2, -0.15) is 0 Å². The third-order valence-corrected chi connectivity index (χ3v) is 3.77. The molecule has 23 heavy (non-hydrogen) atoms. The smallest absolute Gasteiger partial charge is 0.410 e. The SMILES string of the molecule is Cc1cc(NC[C@@H]2CCCCN2C(=O)OC(C)(C)C)nc(Cl)n1. The normalized spacial score (nSPS) is 18.7. The van der Waals surface area contributed by atoms with Crippen molar-refractivity contribution in [3.8, 4) is 0 Å². The Hall–Kier alpha value is -1.56. The average Bonchev–Trinajstić information content (AvgIpc) is 2.42. The van der Waals surface area contributed by atoms with Crippen LogP contribution in [0.25, 0.3) is 0 Å². The molecule has 0 unspecified atom stereocenters. The zero-order valence-corrected chi connectivity index (χ0v) is 15.0. The Kier molecular flexibility index (Phi) is 5.68. The first-order valence-electron chi connectivity index (χ1n) is 7.99. The van der Waals surface area contributed by atoms with Crippen molar-refractivity contribution >= 4 is 23.5 Å². The number of piperidine rings is 1. The maximum absolute atomic E-state index is 12.4. The number of hydrogen-bond donors (Lipinski definition) is 1. The van der Waals surface area contributed by atoms with Crippen LogP contribution >= 0.6 is 11.6 Å². The number of carbonyl (C=O) groups excluding carboxylic acids is 1. The highest BCUT2D eigenvalue weighted by molar-refractivity contribution is 6.28. The zero-order valence-electron chi connectivity index (χ0n) is 14.2. The molecule has 1 atom stereocenters. The van der Waals surface area contributed by atoms with Gasteiger partial charge < -0.3 is 15.0 Å². The van der Waals surface area contributed by atoms with Gasteiger partial charge >= 0.3 is 6.09 Å². The predicted molar refractivity (Wildman–Crippen MR) is 90.8 cm³/mol. The third kappa shape index (κ3) is 5.53. The molecule has 2 heterocycles. The van der Waals surface area contributed by atoms with Crippen molar-refractivity contribution in [1.82, 2.24) is 14.9 Å². The van der Waals surface area contributed by atoms with Gasteiger partial charge in [-0.25, -0.2) is 14.8 Å². The van der Waals surface area contributed by atoms with E-state index < -0.39 is 5.60 Å². The van der Waals surface area contributed by atoms with Crippen LogP contribution in [0.15, 0.2) is 6.07 Å². The molecular weight excluding hydrogens is 316 g/mol. The van der Waals surface area contributed by atoms with Crippen LogP contribution in [0.3, 0.4) is 0 Å². The second kappa shape index (κ2) is 7.34. The first-order chi connectivity index (χ1) is 10.7. The summed E-state index contributed by atoms with van der Waals surface area (Å²) in [4.78, 5) is 22.4. The molecule has 0 aliphatic carbocycles. The molecule has 0 spiro atoms. The number of halogens is 1. The fourth-order valence-electron chi connectivity index (χ4n) is 2.62. The van der Waals surface area contributed by atoms with E-state index in [4.69, 9.17) is 16.3 Å². The summed E-state index contributed by atoms with van der Waals surface area (Å²) in [6, 6.07) is 1.93. The number of nitrogens with one attached hydrogen (secondary N) is 1. The van der Waals surface area contributed by atoms with E-state index in [1.807, 2.05) is 38.7 Å². The summed E-state index contributed by atoms with van der Waals surface area (Å²) in [6.45, 7) is 8.86. The van der Waals surface area contributed by atoms with Crippen molar-refractivity contribution in [2.75, 3.05) is 18.4 Å². The number of hydrogen-bond acceptors (Lipinski definition) is 5. The summed E-state index contributed by atoms with van der Waals surface area (Å²) in [5.74, 6) is 0.678. The maximum Gasteiger partial charge on any atom is 0.410 e. The summed E-state index contributed by atoms with van der Waals surface area (Å²) < 4.78 is 5.51. The van der Waals surface area contributed by atoms with Gasteiger partial charge in [0.05, 0.1) is 6.04 Å². The van der Waals surface area contributed by atoms with E-state index in [9.17, 15) is 4.79 Å². The van der Waals surface area contributed by atoms with Crippen LogP contribution in [0.2, 0.25) is 5.28 Å². The number of likely N-dealkylation sites (tertiary alicyclic amines) is 1. The molecule has 1 aromatic rings. The highest BCUT2D eigenvalue weighted by Crippen LogP contribution is 2.21. The molecule has 0 bridgehead atoms. The molecule has 7 heteroatoms. The maximum atomic E-state index is 12.4. The highest BCUT2D eigenvalue weighted by atomic mass is 35.5. The van der Waals surface area contributed by atoms with Crippen LogP contribution in [0.5, 0.6) is 0 Å². The van der Waals surface area contributed by atoms with Crippen LogP contribution in [-0.2, 0) is 4.74 Å². The van der Waals surface area contributed by atoms with E-state index >= 15 is 0 Å². The lowest BCUT2D eigenvalue weighted by Crippen LogP contribution is -2.48. The minimum Gasteiger partial charge on any atom is -0.444 e. The lowest BCUT2D eigenvalue weighted by molar-refractivity contribution is 0.0114. The third-order valence-electron chi connectivity index (χ3n) is 3.60. The Morgan fingerprint density at radius 1 is 1.43 bits per heavy atom. The van der Waals surface area contributed by atoms with Gasteiger partial charge in [0.1, 0.15) is 11.4 Å². The molecule has 0 aromatic carbocycles. The molecule has 2 rings (SSSR count). The minimum atomic E-state index is -0.482. The fourth-order valence-corrected chi connectivity index (χ4v) is 2.84. The lowest BCUT2D eigenvalue weighted by atomic mass is 10.0. The van der Waals surface area contributed by atoms with Crippen molar-refractivity contribution in [1.29, 1.82) is 0 Å². The second-order valence-electron chi connectivity index (χ2n) is 6.87. The number of amides is 1. The average molecular weight is 341 g/mol. The van der Waals surface area contributed by atoms with Gasteiger partial charge in [-0.15, -0.1) is 0 Å². The molecule has 0 radical (unpaired) electrons. The quantitative estimate of drug-likeness (QED) is 0.851. The van der Waals surface area contributed by atoms with Crippen LogP contribution < -0.4 is 5.32 Å². The van der Waals surface area contributed by atoms with Gasteiger partial charge in [-0.1, -0.05) is 0 Å². The molecule has 1 amide bonds. The minimum absolute atomic E-state index is 0.0904. The van der Waals surface area contributed by atoms with Gasteiger partial charge in [-0.3, -0.25) is 0 Å². The molecule has 1 aromatic heterocycles. The lowest BCUT2D eigenvalue weighted by Gasteiger charge is -2.36. The number of ether oxygens (including phenoxy) is 1. The molecule has 1 aliphatic rings. The van der Waals surface area contributed by atoms with Crippen molar-refractivity contribution in [2.24, 2.45) is 0 Å². The molecule has 1 saturated heterocycles. The van der Waals surface area contributed by atoms with E-state index in [0.717, 1.165) is 31.5 Å². The first-order valence-corrected chi connectivity index (χ1v) is 8.37. The molecule has 1 aliphatic heterocycles. The summed E-state index contributed by atoms with van der Waals surface area (Å²) in [5, 5.41) is 3.48. The Morgan fingerprint density at radius 3 is 2.83 bits per heavy atom. The first kappa shape index (κ1) is 17.8. The molecular formula is C16H25ClN4O2. The Bertz CT molecular complexity index is 539. The molecule has 0 saturated carbocycles. The largest absolute Gasteiger partial charge is 0.444 e. The number of carbonyl (C=O) groups is 1. The number of anilines is 1. The van der Waals surface area contributed by atoms with Gasteiger partial charge in [0.15, 0.2) is 0 Å². The topological polar surface area (TPSA) is 67.4 Å². The Labute approximate surface area is 142 Å². The summed E-state index contributed by atoms with van der Waals surface area (Å²) in [6.07, 6.45) is 2.81. The van der Waals surface area contributed by atoms with E-state index in [2.05, 4.69) is 15.3 Å². The highest BCUT2D eigenvalue weighted by Gasteiger charge is 2.30. The number of aromatic nitrogens is 2. The van der Waals surface area contributed by atoms with E-state index in [1.165, 1.54) is 0 Å². The van der Waals surface area contributed by atoms with Crippen LogP contribution in [0, 0.1) is 6.92 Å². The van der Waals surface area contributed by atoms with Gasteiger partial charge in [0.2, 0.25) is 5.28 Å². The second-order valence-corrected chi connectivity index (χ2v) is 7.21. The molecule has 1 fully saturated rings. The number of aryl methyl sites for hydroxylation is 1. The molecule has 1 N–H and O–H groups in total. The number of nitrogens with zero attached hydrogens (tertiary/aromatic N) is 3. The molecule has 6 nitrogen and oxygen atoms in total. The molecule has 128 valence electrons. The fraction of sp³-hybridized carbons (Fsp3) is 0.688. The van der Waals surface area contributed by atoms with Crippen LogP contribution in [-0.4, -0.2) is 45.7 Å². The zero-order chi connectivity index (χ0) is 17.0. The van der Waals surface area contributed by atoms with Crippen molar-refractivity contribution in [2.45, 2.75) is 58.6 Å². The summed E-state index contributed by atoms with van der Waals surface area (Å²) in [5.41, 5.74) is 0.323. The van der Waals surface area contributed by atoms with Gasteiger partial charge in [0.25, 0.3) is 0 Å². The van der Waals surface area contributed by atoms with Gasteiger partial charge in [0, 0.05) is 24.8 Å². The number of rotatable bonds is 3. The van der Waals surface area contributed by atoms with Crippen molar-refractivity contribution < 1.29 is 9.53 Å². The van der Waals surface area contributed by atoms with Crippen LogP contribution in [0.4, 0.5) is 10.6 Å². The van der Waals surface area contributed by atoms with Crippen molar-refractivity contribution in [3.63, 3.8) is 0 Å². The Morgan fingerprint density at radius 2 is 2.17 bits per heavy atom. The standard InChI is InChI=1S/C16H25ClN4O2/c1-11-9-13(20-14(17)19-11)18-10-12-7-5-6-8-21(12)15(22)23-16(2,3)4/h9,12H,5-8,10H2,1-4H3,(H,18,19,20)/t12-/m0/s1. The van der Waals surface area contributed by atoms with E-state index in [-0.39, 0.29) is 17.4 Å². The van der Waals surface area contributed by atoms with E-state index in [1.54, 1.807) is 0 Å².